The fourth-order valence-electron chi connectivity index (χ4n) is 2.11. The Morgan fingerprint density at radius 3 is 2.29 bits per heavy atom. The maximum Gasteiger partial charge on any atom is 0.121 e. The van der Waals surface area contributed by atoms with Crippen molar-refractivity contribution in [3.63, 3.8) is 0 Å². The van der Waals surface area contributed by atoms with Crippen molar-refractivity contribution in [2.75, 3.05) is 7.11 Å². The van der Waals surface area contributed by atoms with Crippen LogP contribution in [0, 0.1) is 20.8 Å². The van der Waals surface area contributed by atoms with Crippen LogP contribution in [-0.4, -0.2) is 7.11 Å². The molecule has 0 spiro atoms. The Bertz CT molecular complexity index is 541. The Hall–Kier alpha value is -1.76. The lowest BCUT2D eigenvalue weighted by Gasteiger charge is -2.11. The molecular formula is C16H18O. The molecule has 2 aromatic carbocycles. The standard InChI is InChI=1S/C16H18O/c1-11-6-5-7-15(13(11)3)14-8-9-16(17-4)12(2)10-14/h5-10H,1-4H3. The minimum Gasteiger partial charge on any atom is -0.496 e. The second kappa shape index (κ2) is 4.62. The molecule has 0 saturated carbocycles. The summed E-state index contributed by atoms with van der Waals surface area (Å²) in [4.78, 5) is 0. The van der Waals surface area contributed by atoms with Crippen LogP contribution in [0.1, 0.15) is 16.7 Å². The van der Waals surface area contributed by atoms with Gasteiger partial charge in [0.1, 0.15) is 5.75 Å². The van der Waals surface area contributed by atoms with Gasteiger partial charge in [0.25, 0.3) is 0 Å². The minimum absolute atomic E-state index is 0.944. The molecule has 0 aliphatic rings. The highest BCUT2D eigenvalue weighted by Crippen LogP contribution is 2.29. The summed E-state index contributed by atoms with van der Waals surface area (Å²) in [5.74, 6) is 0.944. The van der Waals surface area contributed by atoms with Crippen molar-refractivity contribution in [1.82, 2.24) is 0 Å². The van der Waals surface area contributed by atoms with Crippen molar-refractivity contribution < 1.29 is 4.74 Å². The Morgan fingerprint density at radius 2 is 1.65 bits per heavy atom. The average molecular weight is 226 g/mol. The second-order valence-corrected chi connectivity index (χ2v) is 4.43. The Morgan fingerprint density at radius 1 is 0.882 bits per heavy atom. The van der Waals surface area contributed by atoms with Crippen molar-refractivity contribution in [3.8, 4) is 16.9 Å². The van der Waals surface area contributed by atoms with Crippen LogP contribution in [0.15, 0.2) is 36.4 Å². The van der Waals surface area contributed by atoms with Gasteiger partial charge in [-0.05, 0) is 60.7 Å². The summed E-state index contributed by atoms with van der Waals surface area (Å²) in [5, 5.41) is 0. The number of methoxy groups -OCH3 is 1. The monoisotopic (exact) mass is 226 g/mol. The fourth-order valence-corrected chi connectivity index (χ4v) is 2.11. The maximum atomic E-state index is 5.29. The van der Waals surface area contributed by atoms with E-state index >= 15 is 0 Å². The highest BCUT2D eigenvalue weighted by atomic mass is 16.5. The molecular weight excluding hydrogens is 208 g/mol. The minimum atomic E-state index is 0.944. The largest absolute Gasteiger partial charge is 0.496 e. The third-order valence-corrected chi connectivity index (χ3v) is 3.31. The Kier molecular flexibility index (Phi) is 3.19. The zero-order chi connectivity index (χ0) is 12.4. The number of rotatable bonds is 2. The Labute approximate surface area is 103 Å². The quantitative estimate of drug-likeness (QED) is 0.742. The first kappa shape index (κ1) is 11.7. The number of ether oxygens (including phenoxy) is 1. The number of benzene rings is 2. The van der Waals surface area contributed by atoms with Crippen LogP contribution in [-0.2, 0) is 0 Å². The van der Waals surface area contributed by atoms with Crippen LogP contribution < -0.4 is 4.74 Å². The molecule has 0 aliphatic carbocycles. The van der Waals surface area contributed by atoms with Crippen molar-refractivity contribution in [2.24, 2.45) is 0 Å². The number of hydrogen-bond acceptors (Lipinski definition) is 1. The molecule has 88 valence electrons. The van der Waals surface area contributed by atoms with E-state index in [1.165, 1.54) is 27.8 Å². The van der Waals surface area contributed by atoms with E-state index in [0.717, 1.165) is 5.75 Å². The van der Waals surface area contributed by atoms with Crippen LogP contribution in [0.4, 0.5) is 0 Å². The molecule has 17 heavy (non-hydrogen) atoms. The zero-order valence-corrected chi connectivity index (χ0v) is 10.9. The molecule has 0 aromatic heterocycles. The molecule has 0 fully saturated rings. The molecule has 2 aromatic rings. The highest BCUT2D eigenvalue weighted by Gasteiger charge is 2.05. The van der Waals surface area contributed by atoms with Crippen LogP contribution in [0.5, 0.6) is 5.75 Å². The van der Waals surface area contributed by atoms with E-state index in [9.17, 15) is 0 Å². The molecule has 2 rings (SSSR count). The summed E-state index contributed by atoms with van der Waals surface area (Å²) in [6.45, 7) is 6.40. The van der Waals surface area contributed by atoms with E-state index in [0.29, 0.717) is 0 Å². The lowest BCUT2D eigenvalue weighted by molar-refractivity contribution is 0.412. The van der Waals surface area contributed by atoms with Gasteiger partial charge in [0.05, 0.1) is 7.11 Å². The van der Waals surface area contributed by atoms with Crippen molar-refractivity contribution in [3.05, 3.63) is 53.1 Å². The highest BCUT2D eigenvalue weighted by molar-refractivity contribution is 5.70. The molecule has 0 bridgehead atoms. The number of aryl methyl sites for hydroxylation is 2. The third-order valence-electron chi connectivity index (χ3n) is 3.31. The molecule has 0 heterocycles. The third kappa shape index (κ3) is 2.19. The van der Waals surface area contributed by atoms with Gasteiger partial charge in [0.2, 0.25) is 0 Å². The van der Waals surface area contributed by atoms with Gasteiger partial charge < -0.3 is 4.74 Å². The van der Waals surface area contributed by atoms with Crippen LogP contribution in [0.2, 0.25) is 0 Å². The van der Waals surface area contributed by atoms with Crippen LogP contribution in [0.25, 0.3) is 11.1 Å². The molecule has 0 N–H and O–H groups in total. The van der Waals surface area contributed by atoms with Crippen molar-refractivity contribution in [1.29, 1.82) is 0 Å². The van der Waals surface area contributed by atoms with E-state index < -0.39 is 0 Å². The summed E-state index contributed by atoms with van der Waals surface area (Å²) in [5.41, 5.74) is 6.40. The summed E-state index contributed by atoms with van der Waals surface area (Å²) in [6, 6.07) is 12.8. The van der Waals surface area contributed by atoms with Crippen LogP contribution >= 0.6 is 0 Å². The van der Waals surface area contributed by atoms with Gasteiger partial charge >= 0.3 is 0 Å². The maximum absolute atomic E-state index is 5.29. The van der Waals surface area contributed by atoms with E-state index in [1.54, 1.807) is 7.11 Å². The van der Waals surface area contributed by atoms with Gasteiger partial charge in [-0.1, -0.05) is 24.3 Å². The van der Waals surface area contributed by atoms with Gasteiger partial charge in [-0.15, -0.1) is 0 Å². The van der Waals surface area contributed by atoms with Crippen molar-refractivity contribution >= 4 is 0 Å². The fraction of sp³-hybridized carbons (Fsp3) is 0.250. The summed E-state index contributed by atoms with van der Waals surface area (Å²) < 4.78 is 5.29. The van der Waals surface area contributed by atoms with Gasteiger partial charge in [0, 0.05) is 0 Å². The predicted octanol–water partition coefficient (Wildman–Crippen LogP) is 4.29. The molecule has 0 atom stereocenters. The van der Waals surface area contributed by atoms with Gasteiger partial charge in [-0.2, -0.15) is 0 Å². The first-order chi connectivity index (χ1) is 8.13. The summed E-state index contributed by atoms with van der Waals surface area (Å²) in [6.07, 6.45) is 0. The van der Waals surface area contributed by atoms with Crippen LogP contribution in [0.3, 0.4) is 0 Å². The predicted molar refractivity (Wildman–Crippen MR) is 72.6 cm³/mol. The Balaban J connectivity index is 2.54. The normalized spacial score (nSPS) is 10.4. The van der Waals surface area contributed by atoms with E-state index in [4.69, 9.17) is 4.74 Å². The molecule has 0 radical (unpaired) electrons. The number of hydrogen-bond donors (Lipinski definition) is 0. The molecule has 0 unspecified atom stereocenters. The molecule has 1 nitrogen and oxygen atoms in total. The van der Waals surface area contributed by atoms with E-state index in [2.05, 4.69) is 51.1 Å². The second-order valence-electron chi connectivity index (χ2n) is 4.43. The first-order valence-electron chi connectivity index (χ1n) is 5.84. The SMILES string of the molecule is COc1ccc(-c2cccc(C)c2C)cc1C. The van der Waals surface area contributed by atoms with E-state index in [1.807, 2.05) is 6.07 Å². The van der Waals surface area contributed by atoms with Gasteiger partial charge in [-0.25, -0.2) is 0 Å². The molecule has 0 amide bonds. The summed E-state index contributed by atoms with van der Waals surface area (Å²) >= 11 is 0. The summed E-state index contributed by atoms with van der Waals surface area (Å²) in [7, 11) is 1.71. The lowest BCUT2D eigenvalue weighted by Crippen LogP contribution is -1.90. The molecule has 0 saturated heterocycles. The molecule has 0 aliphatic heterocycles. The van der Waals surface area contributed by atoms with E-state index in [-0.39, 0.29) is 0 Å². The average Bonchev–Trinajstić information content (AvgIpc) is 2.32. The van der Waals surface area contributed by atoms with Gasteiger partial charge in [-0.3, -0.25) is 0 Å². The molecule has 1 heteroatoms. The van der Waals surface area contributed by atoms with Crippen molar-refractivity contribution in [2.45, 2.75) is 20.8 Å². The van der Waals surface area contributed by atoms with Gasteiger partial charge in [0.15, 0.2) is 0 Å². The topological polar surface area (TPSA) is 9.23 Å². The first-order valence-corrected chi connectivity index (χ1v) is 5.84. The zero-order valence-electron chi connectivity index (χ0n) is 10.9. The smallest absolute Gasteiger partial charge is 0.121 e. The lowest BCUT2D eigenvalue weighted by atomic mass is 9.96.